The Balaban J connectivity index is 1.64. The van der Waals surface area contributed by atoms with Crippen LogP contribution < -0.4 is 9.47 Å². The van der Waals surface area contributed by atoms with E-state index in [4.69, 9.17) is 9.47 Å². The Morgan fingerprint density at radius 2 is 2.00 bits per heavy atom. The number of likely N-dealkylation sites (N-methyl/N-ethyl adjacent to an activating group) is 1. The number of hydrogen-bond donors (Lipinski definition) is 1. The van der Waals surface area contributed by atoms with E-state index in [1.165, 1.54) is 24.8 Å². The summed E-state index contributed by atoms with van der Waals surface area (Å²) in [6.45, 7) is 0.933. The molecule has 1 aromatic carbocycles. The van der Waals surface area contributed by atoms with Crippen LogP contribution in [-0.4, -0.2) is 49.7 Å². The topological polar surface area (TPSA) is 54.3 Å². The van der Waals surface area contributed by atoms with E-state index in [9.17, 15) is 5.21 Å². The molecule has 0 amide bonds. The van der Waals surface area contributed by atoms with E-state index in [1.54, 1.807) is 14.2 Å². The van der Waals surface area contributed by atoms with Gasteiger partial charge in [-0.1, -0.05) is 11.2 Å². The van der Waals surface area contributed by atoms with Gasteiger partial charge in [-0.05, 0) is 56.3 Å². The van der Waals surface area contributed by atoms with E-state index in [0.29, 0.717) is 17.9 Å². The molecule has 3 atom stereocenters. The summed E-state index contributed by atoms with van der Waals surface area (Å²) in [6, 6.07) is 6.37. The van der Waals surface area contributed by atoms with Crippen LogP contribution in [0.2, 0.25) is 0 Å². The van der Waals surface area contributed by atoms with Gasteiger partial charge in [0.1, 0.15) is 0 Å². The summed E-state index contributed by atoms with van der Waals surface area (Å²) in [4.78, 5) is 2.34. The van der Waals surface area contributed by atoms with Crippen LogP contribution in [0.15, 0.2) is 23.4 Å². The zero-order valence-corrected chi connectivity index (χ0v) is 14.2. The second kappa shape index (κ2) is 6.79. The standard InChI is InChI=1S/C18H26N2O3/c1-20(18-14-6-5-13(11-14)17(18)19-21)9-8-12-4-7-15(22-2)16(10-12)23-3/h4,7,10,13-14,18,21H,5-6,8-9,11H2,1-3H3/b19-17+/t13-,14+,18+/m0/s1. The van der Waals surface area contributed by atoms with Gasteiger partial charge >= 0.3 is 0 Å². The molecule has 0 saturated heterocycles. The average Bonchev–Trinajstić information content (AvgIpc) is 3.20. The maximum absolute atomic E-state index is 9.35. The van der Waals surface area contributed by atoms with Crippen molar-refractivity contribution in [3.8, 4) is 11.5 Å². The number of benzene rings is 1. The lowest BCUT2D eigenvalue weighted by molar-refractivity contribution is 0.231. The lowest BCUT2D eigenvalue weighted by Gasteiger charge is -2.31. The minimum Gasteiger partial charge on any atom is -0.493 e. The van der Waals surface area contributed by atoms with Crippen LogP contribution in [0, 0.1) is 11.8 Å². The van der Waals surface area contributed by atoms with Gasteiger partial charge in [0.25, 0.3) is 0 Å². The van der Waals surface area contributed by atoms with Crippen LogP contribution in [0.25, 0.3) is 0 Å². The van der Waals surface area contributed by atoms with Gasteiger partial charge in [0.15, 0.2) is 11.5 Å². The predicted octanol–water partition coefficient (Wildman–Crippen LogP) is 2.81. The Bertz CT molecular complexity index is 588. The number of oxime groups is 1. The zero-order valence-electron chi connectivity index (χ0n) is 14.2. The van der Waals surface area contributed by atoms with Crippen molar-refractivity contribution in [2.75, 3.05) is 27.8 Å². The largest absolute Gasteiger partial charge is 0.493 e. The molecule has 3 rings (SSSR count). The van der Waals surface area contributed by atoms with Gasteiger partial charge in [-0.25, -0.2) is 0 Å². The van der Waals surface area contributed by atoms with Gasteiger partial charge in [-0.2, -0.15) is 0 Å². The average molecular weight is 318 g/mol. The molecule has 2 fully saturated rings. The SMILES string of the molecule is COc1ccc(CCN(C)[C@H]2/C(=N/O)[C@H]3CC[C@@H]2C3)cc1OC. The number of nitrogens with zero attached hydrogens (tertiary/aromatic N) is 2. The molecule has 126 valence electrons. The van der Waals surface area contributed by atoms with Gasteiger partial charge in [0.05, 0.1) is 26.0 Å². The van der Waals surface area contributed by atoms with E-state index in [-0.39, 0.29) is 0 Å². The molecule has 5 nitrogen and oxygen atoms in total. The fraction of sp³-hybridized carbons (Fsp3) is 0.611. The van der Waals surface area contributed by atoms with Gasteiger partial charge in [-0.15, -0.1) is 0 Å². The smallest absolute Gasteiger partial charge is 0.160 e. The van der Waals surface area contributed by atoms with Gasteiger partial charge < -0.3 is 14.7 Å². The van der Waals surface area contributed by atoms with Gasteiger partial charge in [-0.3, -0.25) is 4.90 Å². The molecule has 0 heterocycles. The molecule has 0 spiro atoms. The van der Waals surface area contributed by atoms with Crippen molar-refractivity contribution in [2.45, 2.75) is 31.7 Å². The molecule has 0 radical (unpaired) electrons. The van der Waals surface area contributed by atoms with E-state index in [1.807, 2.05) is 12.1 Å². The lowest BCUT2D eigenvalue weighted by Crippen LogP contribution is -2.43. The second-order valence-electron chi connectivity index (χ2n) is 6.66. The van der Waals surface area contributed by atoms with Crippen molar-refractivity contribution in [2.24, 2.45) is 17.0 Å². The molecule has 2 aliphatic carbocycles. The highest BCUT2D eigenvalue weighted by Crippen LogP contribution is 2.44. The monoisotopic (exact) mass is 318 g/mol. The summed E-state index contributed by atoms with van der Waals surface area (Å²) < 4.78 is 10.6. The third-order valence-electron chi connectivity index (χ3n) is 5.43. The summed E-state index contributed by atoms with van der Waals surface area (Å²) in [6.07, 6.45) is 4.56. The van der Waals surface area contributed by atoms with Gasteiger partial charge in [0.2, 0.25) is 0 Å². The maximum atomic E-state index is 9.35. The Kier molecular flexibility index (Phi) is 4.76. The fourth-order valence-electron chi connectivity index (χ4n) is 4.26. The highest BCUT2D eigenvalue weighted by atomic mass is 16.5. The van der Waals surface area contributed by atoms with Crippen molar-refractivity contribution < 1.29 is 14.7 Å². The highest BCUT2D eigenvalue weighted by molar-refractivity contribution is 5.94. The quantitative estimate of drug-likeness (QED) is 0.647. The van der Waals surface area contributed by atoms with Crippen LogP contribution >= 0.6 is 0 Å². The highest BCUT2D eigenvalue weighted by Gasteiger charge is 2.47. The van der Waals surface area contributed by atoms with Crippen LogP contribution in [0.4, 0.5) is 0 Å². The first kappa shape index (κ1) is 16.1. The summed E-state index contributed by atoms with van der Waals surface area (Å²) in [5.41, 5.74) is 2.22. The molecule has 1 N–H and O–H groups in total. The van der Waals surface area contributed by atoms with Crippen LogP contribution in [-0.2, 0) is 6.42 Å². The normalized spacial score (nSPS) is 27.8. The maximum Gasteiger partial charge on any atom is 0.160 e. The molecule has 0 aromatic heterocycles. The first-order valence-electron chi connectivity index (χ1n) is 8.31. The minimum absolute atomic E-state index is 0.305. The second-order valence-corrected chi connectivity index (χ2v) is 6.66. The number of fused-ring (bicyclic) bond motifs is 2. The molecule has 0 aliphatic heterocycles. The summed E-state index contributed by atoms with van der Waals surface area (Å²) in [7, 11) is 5.44. The fourth-order valence-corrected chi connectivity index (χ4v) is 4.26. The summed E-state index contributed by atoms with van der Waals surface area (Å²) in [5.74, 6) is 2.68. The van der Waals surface area contributed by atoms with E-state index in [2.05, 4.69) is 23.2 Å². The molecule has 1 aromatic rings. The Morgan fingerprint density at radius 3 is 2.70 bits per heavy atom. The number of ether oxygens (including phenoxy) is 2. The van der Waals surface area contributed by atoms with Crippen LogP contribution in [0.3, 0.4) is 0 Å². The predicted molar refractivity (Wildman–Crippen MR) is 89.7 cm³/mol. The van der Waals surface area contributed by atoms with Crippen molar-refractivity contribution in [3.05, 3.63) is 23.8 Å². The Labute approximate surface area is 137 Å². The van der Waals surface area contributed by atoms with Crippen molar-refractivity contribution >= 4 is 5.71 Å². The molecule has 2 saturated carbocycles. The lowest BCUT2D eigenvalue weighted by atomic mass is 9.92. The van der Waals surface area contributed by atoms with Gasteiger partial charge in [0, 0.05) is 12.5 Å². The van der Waals surface area contributed by atoms with Crippen LogP contribution in [0.1, 0.15) is 24.8 Å². The zero-order chi connectivity index (χ0) is 16.4. The van der Waals surface area contributed by atoms with E-state index in [0.717, 1.165) is 30.2 Å². The van der Waals surface area contributed by atoms with E-state index >= 15 is 0 Å². The van der Waals surface area contributed by atoms with Crippen molar-refractivity contribution in [3.63, 3.8) is 0 Å². The molecule has 0 unspecified atom stereocenters. The number of methoxy groups -OCH3 is 2. The van der Waals surface area contributed by atoms with Crippen LogP contribution in [0.5, 0.6) is 11.5 Å². The van der Waals surface area contributed by atoms with E-state index < -0.39 is 0 Å². The first-order valence-corrected chi connectivity index (χ1v) is 8.31. The molecule has 5 heteroatoms. The number of rotatable bonds is 6. The molecule has 2 bridgehead atoms. The van der Waals surface area contributed by atoms with Crippen molar-refractivity contribution in [1.29, 1.82) is 0 Å². The minimum atomic E-state index is 0.305. The number of hydrogen-bond acceptors (Lipinski definition) is 5. The Hall–Kier alpha value is -1.75. The third kappa shape index (κ3) is 3.02. The molecule has 23 heavy (non-hydrogen) atoms. The van der Waals surface area contributed by atoms with Crippen molar-refractivity contribution in [1.82, 2.24) is 4.90 Å². The first-order chi connectivity index (χ1) is 11.2. The summed E-state index contributed by atoms with van der Waals surface area (Å²) >= 11 is 0. The summed E-state index contributed by atoms with van der Waals surface area (Å²) in [5, 5.41) is 13.0. The molecule has 2 aliphatic rings. The molecular formula is C18H26N2O3. The molecular weight excluding hydrogens is 292 g/mol. The third-order valence-corrected chi connectivity index (χ3v) is 5.43. The Morgan fingerprint density at radius 1 is 1.22 bits per heavy atom.